The normalized spacial score (nSPS) is 10.9. The van der Waals surface area contributed by atoms with Gasteiger partial charge < -0.3 is 9.32 Å². The molecular formula is C12H17BrClNO2. The van der Waals surface area contributed by atoms with Gasteiger partial charge in [-0.2, -0.15) is 0 Å². The third kappa shape index (κ3) is 3.75. The number of amides is 1. The van der Waals surface area contributed by atoms with Crippen molar-refractivity contribution in [2.45, 2.75) is 32.7 Å². The first-order chi connectivity index (χ1) is 8.13. The summed E-state index contributed by atoms with van der Waals surface area (Å²) in [6, 6.07) is 3.45. The van der Waals surface area contributed by atoms with Gasteiger partial charge >= 0.3 is 0 Å². The highest BCUT2D eigenvalue weighted by atomic mass is 79.9. The maximum Gasteiger partial charge on any atom is 0.289 e. The first-order valence-electron chi connectivity index (χ1n) is 5.76. The molecule has 1 aromatic heterocycles. The van der Waals surface area contributed by atoms with E-state index in [4.69, 9.17) is 16.0 Å². The van der Waals surface area contributed by atoms with Crippen molar-refractivity contribution in [1.29, 1.82) is 0 Å². The Morgan fingerprint density at radius 3 is 2.53 bits per heavy atom. The number of hydrogen-bond acceptors (Lipinski definition) is 2. The maximum atomic E-state index is 12.3. The molecule has 0 fully saturated rings. The standard InChI is InChI=1S/C12H17BrClNO2/c1-3-9(4-2)15(8-7-13)12(16)10-5-6-11(14)17-10/h5-6,9H,3-4,7-8H2,1-2H3. The smallest absolute Gasteiger partial charge is 0.289 e. The molecule has 1 heterocycles. The quantitative estimate of drug-likeness (QED) is 0.743. The molecule has 1 rings (SSSR count). The molecule has 0 atom stereocenters. The fourth-order valence-corrected chi connectivity index (χ4v) is 2.37. The van der Waals surface area contributed by atoms with Crippen molar-refractivity contribution in [3.05, 3.63) is 23.1 Å². The van der Waals surface area contributed by atoms with Crippen molar-refractivity contribution >= 4 is 33.4 Å². The van der Waals surface area contributed by atoms with Gasteiger partial charge in [-0.05, 0) is 36.6 Å². The van der Waals surface area contributed by atoms with Gasteiger partial charge in [0.2, 0.25) is 0 Å². The Hall–Kier alpha value is -0.480. The second-order valence-corrected chi connectivity index (χ2v) is 4.93. The molecule has 0 aliphatic heterocycles. The van der Waals surface area contributed by atoms with Crippen molar-refractivity contribution < 1.29 is 9.21 Å². The molecule has 0 saturated heterocycles. The van der Waals surface area contributed by atoms with E-state index < -0.39 is 0 Å². The molecule has 1 amide bonds. The van der Waals surface area contributed by atoms with E-state index in [2.05, 4.69) is 29.8 Å². The molecule has 3 nitrogen and oxygen atoms in total. The van der Waals surface area contributed by atoms with E-state index in [-0.39, 0.29) is 17.2 Å². The molecule has 17 heavy (non-hydrogen) atoms. The van der Waals surface area contributed by atoms with E-state index in [1.54, 1.807) is 12.1 Å². The van der Waals surface area contributed by atoms with Crippen molar-refractivity contribution in [3.8, 4) is 0 Å². The zero-order valence-electron chi connectivity index (χ0n) is 10.1. The van der Waals surface area contributed by atoms with Crippen LogP contribution in [-0.4, -0.2) is 28.7 Å². The zero-order valence-corrected chi connectivity index (χ0v) is 12.4. The SMILES string of the molecule is CCC(CC)N(CCBr)C(=O)c1ccc(Cl)o1. The molecule has 0 saturated carbocycles. The molecule has 0 radical (unpaired) electrons. The lowest BCUT2D eigenvalue weighted by molar-refractivity contribution is 0.0650. The minimum Gasteiger partial charge on any atom is -0.440 e. The highest BCUT2D eigenvalue weighted by Crippen LogP contribution is 2.18. The van der Waals surface area contributed by atoms with Crippen LogP contribution in [0.3, 0.4) is 0 Å². The third-order valence-corrected chi connectivity index (χ3v) is 3.31. The first-order valence-corrected chi connectivity index (χ1v) is 7.26. The summed E-state index contributed by atoms with van der Waals surface area (Å²) < 4.78 is 5.17. The van der Waals surface area contributed by atoms with Crippen LogP contribution in [0.2, 0.25) is 5.22 Å². The van der Waals surface area contributed by atoms with Gasteiger partial charge in [0.25, 0.3) is 5.91 Å². The van der Waals surface area contributed by atoms with Gasteiger partial charge in [0.15, 0.2) is 11.0 Å². The molecule has 0 aliphatic carbocycles. The van der Waals surface area contributed by atoms with E-state index in [1.165, 1.54) is 0 Å². The number of alkyl halides is 1. The van der Waals surface area contributed by atoms with Crippen molar-refractivity contribution in [2.24, 2.45) is 0 Å². The summed E-state index contributed by atoms with van der Waals surface area (Å²) in [5.41, 5.74) is 0. The maximum absolute atomic E-state index is 12.3. The van der Waals surface area contributed by atoms with E-state index in [9.17, 15) is 4.79 Å². The van der Waals surface area contributed by atoms with Gasteiger partial charge in [-0.3, -0.25) is 4.79 Å². The summed E-state index contributed by atoms with van der Waals surface area (Å²) in [5.74, 6) is 0.216. The Morgan fingerprint density at radius 2 is 2.12 bits per heavy atom. The molecule has 5 heteroatoms. The van der Waals surface area contributed by atoms with Gasteiger partial charge in [0, 0.05) is 17.9 Å². The summed E-state index contributed by atoms with van der Waals surface area (Å²) in [6.07, 6.45) is 1.87. The number of carbonyl (C=O) groups is 1. The Bertz CT molecular complexity index is 363. The van der Waals surface area contributed by atoms with Crippen LogP contribution >= 0.6 is 27.5 Å². The van der Waals surface area contributed by atoms with Crippen LogP contribution in [0.5, 0.6) is 0 Å². The number of rotatable bonds is 6. The second kappa shape index (κ2) is 7.07. The van der Waals surface area contributed by atoms with Crippen LogP contribution in [-0.2, 0) is 0 Å². The van der Waals surface area contributed by atoms with Crippen LogP contribution in [0.4, 0.5) is 0 Å². The molecule has 0 aromatic carbocycles. The lowest BCUT2D eigenvalue weighted by Gasteiger charge is -2.29. The van der Waals surface area contributed by atoms with Crippen LogP contribution in [0, 0.1) is 0 Å². The summed E-state index contributed by atoms with van der Waals surface area (Å²) in [4.78, 5) is 14.1. The highest BCUT2D eigenvalue weighted by molar-refractivity contribution is 9.09. The second-order valence-electron chi connectivity index (χ2n) is 3.76. The number of halogens is 2. The van der Waals surface area contributed by atoms with Gasteiger partial charge in [0.1, 0.15) is 0 Å². The van der Waals surface area contributed by atoms with Gasteiger partial charge in [-0.15, -0.1) is 0 Å². The van der Waals surface area contributed by atoms with Crippen molar-refractivity contribution in [1.82, 2.24) is 4.90 Å². The average molecular weight is 323 g/mol. The number of nitrogens with zero attached hydrogens (tertiary/aromatic N) is 1. The first kappa shape index (κ1) is 14.6. The highest BCUT2D eigenvalue weighted by Gasteiger charge is 2.24. The molecule has 0 bridgehead atoms. The lowest BCUT2D eigenvalue weighted by Crippen LogP contribution is -2.40. The van der Waals surface area contributed by atoms with E-state index in [0.29, 0.717) is 12.3 Å². The largest absolute Gasteiger partial charge is 0.440 e. The molecule has 96 valence electrons. The molecule has 0 N–H and O–H groups in total. The summed E-state index contributed by atoms with van der Waals surface area (Å²) >= 11 is 9.06. The average Bonchev–Trinajstić information content (AvgIpc) is 2.75. The van der Waals surface area contributed by atoms with Crippen LogP contribution in [0.15, 0.2) is 16.5 Å². The summed E-state index contributed by atoms with van der Waals surface area (Å²) in [7, 11) is 0. The Labute approximate surface area is 115 Å². The predicted octanol–water partition coefficient (Wildman–Crippen LogP) is 3.96. The molecular weight excluding hydrogens is 305 g/mol. The minimum atomic E-state index is -0.0925. The topological polar surface area (TPSA) is 33.5 Å². The molecule has 1 aromatic rings. The fraction of sp³-hybridized carbons (Fsp3) is 0.583. The van der Waals surface area contributed by atoms with Gasteiger partial charge in [-0.25, -0.2) is 0 Å². The minimum absolute atomic E-state index is 0.0925. The predicted molar refractivity (Wildman–Crippen MR) is 72.9 cm³/mol. The van der Waals surface area contributed by atoms with Crippen LogP contribution in [0.1, 0.15) is 37.2 Å². The van der Waals surface area contributed by atoms with E-state index in [1.807, 2.05) is 4.90 Å². The van der Waals surface area contributed by atoms with Crippen LogP contribution < -0.4 is 0 Å². The monoisotopic (exact) mass is 321 g/mol. The summed E-state index contributed by atoms with van der Waals surface area (Å²) in [5, 5.41) is 1.00. The van der Waals surface area contributed by atoms with Crippen molar-refractivity contribution in [2.75, 3.05) is 11.9 Å². The van der Waals surface area contributed by atoms with E-state index in [0.717, 1.165) is 18.2 Å². The number of hydrogen-bond donors (Lipinski definition) is 0. The Morgan fingerprint density at radius 1 is 1.47 bits per heavy atom. The molecule has 0 aliphatic rings. The van der Waals surface area contributed by atoms with E-state index >= 15 is 0 Å². The molecule has 0 unspecified atom stereocenters. The molecule has 0 spiro atoms. The number of furan rings is 1. The fourth-order valence-electron chi connectivity index (χ4n) is 1.84. The van der Waals surface area contributed by atoms with Crippen LogP contribution in [0.25, 0.3) is 0 Å². The lowest BCUT2D eigenvalue weighted by atomic mass is 10.1. The Kier molecular flexibility index (Phi) is 6.06. The number of carbonyl (C=O) groups excluding carboxylic acids is 1. The van der Waals surface area contributed by atoms with Gasteiger partial charge in [0.05, 0.1) is 0 Å². The Balaban J connectivity index is 2.86. The van der Waals surface area contributed by atoms with Crippen molar-refractivity contribution in [3.63, 3.8) is 0 Å². The van der Waals surface area contributed by atoms with Gasteiger partial charge in [-0.1, -0.05) is 29.8 Å². The zero-order chi connectivity index (χ0) is 12.8. The summed E-state index contributed by atoms with van der Waals surface area (Å²) in [6.45, 7) is 4.83. The third-order valence-electron chi connectivity index (χ3n) is 2.75.